The molecule has 0 spiro atoms. The van der Waals surface area contributed by atoms with Crippen LogP contribution in [0.25, 0.3) is 0 Å². The number of sulfonamides is 1. The van der Waals surface area contributed by atoms with Gasteiger partial charge in [0.1, 0.15) is 12.4 Å². The molecule has 0 fully saturated rings. The lowest BCUT2D eigenvalue weighted by atomic mass is 10.3. The molecule has 0 radical (unpaired) electrons. The minimum absolute atomic E-state index is 0.00146. The second-order valence-corrected chi connectivity index (χ2v) is 5.98. The van der Waals surface area contributed by atoms with E-state index in [0.717, 1.165) is 0 Å². The number of ether oxygens (including phenoxy) is 1. The summed E-state index contributed by atoms with van der Waals surface area (Å²) in [6.07, 6.45) is -2.57. The van der Waals surface area contributed by atoms with Crippen molar-refractivity contribution >= 4 is 10.0 Å². The number of hydrogen-bond acceptors (Lipinski definition) is 4. The predicted octanol–water partition coefficient (Wildman–Crippen LogP) is 1.22. The topological polar surface area (TPSA) is 67.4 Å². The molecule has 0 bridgehead atoms. The second kappa shape index (κ2) is 7.51. The van der Waals surface area contributed by atoms with Gasteiger partial charge in [0, 0.05) is 12.6 Å². The molecule has 2 N–H and O–H groups in total. The van der Waals surface area contributed by atoms with Crippen LogP contribution in [0.4, 0.5) is 8.78 Å². The van der Waals surface area contributed by atoms with E-state index in [1.807, 2.05) is 6.92 Å². The zero-order valence-corrected chi connectivity index (χ0v) is 12.1. The molecule has 0 heterocycles. The first-order valence-corrected chi connectivity index (χ1v) is 7.51. The molecule has 20 heavy (non-hydrogen) atoms. The highest BCUT2D eigenvalue weighted by atomic mass is 32.2. The predicted molar refractivity (Wildman–Crippen MR) is 71.7 cm³/mol. The van der Waals surface area contributed by atoms with Gasteiger partial charge in [-0.25, -0.2) is 21.9 Å². The van der Waals surface area contributed by atoms with Gasteiger partial charge in [0.2, 0.25) is 10.0 Å². The second-order valence-electron chi connectivity index (χ2n) is 4.22. The van der Waals surface area contributed by atoms with Gasteiger partial charge >= 0.3 is 0 Å². The lowest BCUT2D eigenvalue weighted by Crippen LogP contribution is -2.37. The van der Waals surface area contributed by atoms with Gasteiger partial charge in [-0.05, 0) is 38.2 Å². The van der Waals surface area contributed by atoms with Gasteiger partial charge in [0.25, 0.3) is 6.43 Å². The quantitative estimate of drug-likeness (QED) is 0.758. The summed E-state index contributed by atoms with van der Waals surface area (Å²) in [5, 5.41) is 2.91. The summed E-state index contributed by atoms with van der Waals surface area (Å²) < 4.78 is 55.0. The van der Waals surface area contributed by atoms with Crippen molar-refractivity contribution < 1.29 is 21.9 Å². The van der Waals surface area contributed by atoms with Gasteiger partial charge in [0.15, 0.2) is 0 Å². The van der Waals surface area contributed by atoms with E-state index in [2.05, 4.69) is 10.0 Å². The highest BCUT2D eigenvalue weighted by molar-refractivity contribution is 7.89. The van der Waals surface area contributed by atoms with Gasteiger partial charge in [-0.2, -0.15) is 0 Å². The lowest BCUT2D eigenvalue weighted by molar-refractivity contribution is 0.0819. The van der Waals surface area contributed by atoms with Crippen LogP contribution in [0.15, 0.2) is 29.2 Å². The van der Waals surface area contributed by atoms with E-state index in [4.69, 9.17) is 4.74 Å². The molecule has 0 aromatic heterocycles. The molecule has 5 nitrogen and oxygen atoms in total. The van der Waals surface area contributed by atoms with Crippen LogP contribution in [0.5, 0.6) is 5.75 Å². The lowest BCUT2D eigenvalue weighted by Gasteiger charge is -2.12. The van der Waals surface area contributed by atoms with Crippen molar-refractivity contribution in [1.29, 1.82) is 0 Å². The van der Waals surface area contributed by atoms with Crippen LogP contribution in [-0.4, -0.2) is 41.1 Å². The average molecular weight is 308 g/mol. The summed E-state index contributed by atoms with van der Waals surface area (Å²) in [7, 11) is -1.88. The normalized spacial score (nSPS) is 13.4. The van der Waals surface area contributed by atoms with Gasteiger partial charge in [-0.1, -0.05) is 0 Å². The Bertz CT molecular complexity index is 506. The molecule has 1 atom stereocenters. The molecule has 1 unspecified atom stereocenters. The first-order valence-electron chi connectivity index (χ1n) is 6.03. The van der Waals surface area contributed by atoms with E-state index < -0.39 is 23.1 Å². The fraction of sp³-hybridized carbons (Fsp3) is 0.500. The van der Waals surface area contributed by atoms with Crippen molar-refractivity contribution in [2.75, 3.05) is 20.2 Å². The molecular formula is C12H18F2N2O3S. The molecule has 1 aromatic rings. The zero-order chi connectivity index (χ0) is 15.2. The standard InChI is InChI=1S/C12H18F2N2O3S/c1-9(15-2)7-16-20(17,18)11-5-3-10(4-6-11)19-8-12(13)14/h3-6,9,12,15-16H,7-8H2,1-2H3. The average Bonchev–Trinajstić information content (AvgIpc) is 2.43. The highest BCUT2D eigenvalue weighted by Gasteiger charge is 2.14. The van der Waals surface area contributed by atoms with Crippen molar-refractivity contribution in [2.45, 2.75) is 24.3 Å². The van der Waals surface area contributed by atoms with Gasteiger partial charge in [0.05, 0.1) is 4.90 Å². The van der Waals surface area contributed by atoms with Crippen molar-refractivity contribution in [3.63, 3.8) is 0 Å². The van der Waals surface area contributed by atoms with E-state index in [9.17, 15) is 17.2 Å². The van der Waals surface area contributed by atoms with Crippen molar-refractivity contribution in [1.82, 2.24) is 10.0 Å². The number of likely N-dealkylation sites (N-methyl/N-ethyl adjacent to an activating group) is 1. The molecule has 0 aliphatic heterocycles. The molecule has 8 heteroatoms. The number of halogens is 2. The van der Waals surface area contributed by atoms with Crippen LogP contribution in [0.1, 0.15) is 6.92 Å². The summed E-state index contributed by atoms with van der Waals surface area (Å²) >= 11 is 0. The van der Waals surface area contributed by atoms with Crippen LogP contribution >= 0.6 is 0 Å². The Morgan fingerprint density at radius 2 is 1.85 bits per heavy atom. The monoisotopic (exact) mass is 308 g/mol. The Hall–Kier alpha value is -1.25. The maximum absolute atomic E-state index is 12.0. The smallest absolute Gasteiger partial charge is 0.272 e. The van der Waals surface area contributed by atoms with Gasteiger partial charge in [-0.3, -0.25) is 0 Å². The summed E-state index contributed by atoms with van der Waals surface area (Å²) in [6, 6.07) is 5.32. The van der Waals surface area contributed by atoms with E-state index in [0.29, 0.717) is 0 Å². The molecule has 1 rings (SSSR count). The number of alkyl halides is 2. The summed E-state index contributed by atoms with van der Waals surface area (Å²) in [5.41, 5.74) is 0. The third kappa shape index (κ3) is 5.40. The van der Waals surface area contributed by atoms with E-state index in [-0.39, 0.29) is 23.2 Å². The molecular weight excluding hydrogens is 290 g/mol. The van der Waals surface area contributed by atoms with Crippen LogP contribution < -0.4 is 14.8 Å². The number of rotatable bonds is 8. The maximum Gasteiger partial charge on any atom is 0.272 e. The fourth-order valence-electron chi connectivity index (χ4n) is 1.29. The minimum atomic E-state index is -3.61. The number of nitrogens with one attached hydrogen (secondary N) is 2. The van der Waals surface area contributed by atoms with Gasteiger partial charge in [-0.15, -0.1) is 0 Å². The largest absolute Gasteiger partial charge is 0.488 e. The third-order valence-corrected chi connectivity index (χ3v) is 4.02. The minimum Gasteiger partial charge on any atom is -0.488 e. The van der Waals surface area contributed by atoms with Crippen LogP contribution in [0.2, 0.25) is 0 Å². The zero-order valence-electron chi connectivity index (χ0n) is 11.3. The van der Waals surface area contributed by atoms with E-state index in [1.54, 1.807) is 7.05 Å². The summed E-state index contributed by atoms with van der Waals surface area (Å²) in [6.45, 7) is 1.37. The Labute approximate surface area is 117 Å². The van der Waals surface area contributed by atoms with Crippen LogP contribution in [0, 0.1) is 0 Å². The van der Waals surface area contributed by atoms with Crippen LogP contribution in [0.3, 0.4) is 0 Å². The molecule has 0 aliphatic rings. The molecule has 0 aliphatic carbocycles. The van der Waals surface area contributed by atoms with Gasteiger partial charge < -0.3 is 10.1 Å². The Kier molecular flexibility index (Phi) is 6.31. The van der Waals surface area contributed by atoms with Crippen LogP contribution in [-0.2, 0) is 10.0 Å². The molecule has 114 valence electrons. The first kappa shape index (κ1) is 16.8. The third-order valence-electron chi connectivity index (χ3n) is 2.58. The summed E-state index contributed by atoms with van der Waals surface area (Å²) in [5.74, 6) is 0.202. The van der Waals surface area contributed by atoms with Crippen molar-refractivity contribution in [3.8, 4) is 5.75 Å². The molecule has 0 saturated heterocycles. The Morgan fingerprint density at radius 3 is 2.35 bits per heavy atom. The summed E-state index contributed by atoms with van der Waals surface area (Å²) in [4.78, 5) is 0.0604. The fourth-order valence-corrected chi connectivity index (χ4v) is 2.42. The highest BCUT2D eigenvalue weighted by Crippen LogP contribution is 2.16. The van der Waals surface area contributed by atoms with Crippen molar-refractivity contribution in [3.05, 3.63) is 24.3 Å². The molecule has 1 aromatic carbocycles. The Morgan fingerprint density at radius 1 is 1.25 bits per heavy atom. The Balaban J connectivity index is 2.67. The molecule has 0 amide bonds. The van der Waals surface area contributed by atoms with Crippen molar-refractivity contribution in [2.24, 2.45) is 0 Å². The SMILES string of the molecule is CNC(C)CNS(=O)(=O)c1ccc(OCC(F)F)cc1. The molecule has 0 saturated carbocycles. The first-order chi connectivity index (χ1) is 9.35. The van der Waals surface area contributed by atoms with E-state index in [1.165, 1.54) is 24.3 Å². The number of hydrogen-bond donors (Lipinski definition) is 2. The number of benzene rings is 1. The van der Waals surface area contributed by atoms with E-state index >= 15 is 0 Å². The maximum atomic E-state index is 12.0.